The number of allylic oxidation sites excluding steroid dienone is 1. The van der Waals surface area contributed by atoms with Gasteiger partial charge in [0, 0.05) is 0 Å². The van der Waals surface area contributed by atoms with Crippen molar-refractivity contribution in [3.8, 4) is 6.07 Å². The summed E-state index contributed by atoms with van der Waals surface area (Å²) in [5, 5.41) is 8.70. The van der Waals surface area contributed by atoms with Crippen LogP contribution in [-0.4, -0.2) is 0 Å². The summed E-state index contributed by atoms with van der Waals surface area (Å²) in [6, 6.07) is 20.2. The van der Waals surface area contributed by atoms with E-state index in [0.717, 1.165) is 18.4 Å². The molecule has 0 bridgehead atoms. The average Bonchev–Trinajstić information content (AvgIpc) is 2.45. The van der Waals surface area contributed by atoms with Gasteiger partial charge in [-0.1, -0.05) is 54.6 Å². The predicted octanol–water partition coefficient (Wildman–Crippen LogP) is 4.20. The summed E-state index contributed by atoms with van der Waals surface area (Å²) >= 11 is 0. The molecule has 1 nitrogen and oxygen atoms in total. The van der Waals surface area contributed by atoms with Crippen molar-refractivity contribution in [3.63, 3.8) is 0 Å². The molecule has 0 radical (unpaired) electrons. The first-order valence-electron chi connectivity index (χ1n) is 6.09. The zero-order chi connectivity index (χ0) is 12.6. The number of nitriles is 1. The van der Waals surface area contributed by atoms with E-state index >= 15 is 0 Å². The van der Waals surface area contributed by atoms with Crippen molar-refractivity contribution in [1.29, 1.82) is 5.26 Å². The molecule has 0 fully saturated rings. The summed E-state index contributed by atoms with van der Waals surface area (Å²) in [6.45, 7) is 0. The number of rotatable bonds is 4. The normalized spacial score (nSPS) is 10.4. The molecule has 2 aromatic carbocycles. The molecule has 0 aromatic heterocycles. The fourth-order valence-electron chi connectivity index (χ4n) is 1.78. The maximum atomic E-state index is 8.70. The third-order valence-electron chi connectivity index (χ3n) is 2.79. The highest BCUT2D eigenvalue weighted by Gasteiger charge is 1.90. The Morgan fingerprint density at radius 2 is 1.67 bits per heavy atom. The molecule has 0 amide bonds. The van der Waals surface area contributed by atoms with E-state index in [4.69, 9.17) is 5.26 Å². The van der Waals surface area contributed by atoms with Crippen molar-refractivity contribution < 1.29 is 0 Å². The molecule has 0 aliphatic rings. The first-order valence-corrected chi connectivity index (χ1v) is 6.09. The molecule has 0 aliphatic carbocycles. The van der Waals surface area contributed by atoms with Gasteiger partial charge in [-0.15, -0.1) is 0 Å². The van der Waals surface area contributed by atoms with E-state index in [1.807, 2.05) is 30.3 Å². The SMILES string of the molecule is N#Cc1ccc(/C=C/CCc2ccccc2)cc1. The van der Waals surface area contributed by atoms with Gasteiger partial charge in [0.05, 0.1) is 11.6 Å². The summed E-state index contributed by atoms with van der Waals surface area (Å²) in [6.07, 6.45) is 6.37. The van der Waals surface area contributed by atoms with Crippen LogP contribution in [0, 0.1) is 11.3 Å². The van der Waals surface area contributed by atoms with E-state index in [-0.39, 0.29) is 0 Å². The molecule has 0 N–H and O–H groups in total. The number of hydrogen-bond acceptors (Lipinski definition) is 1. The molecule has 18 heavy (non-hydrogen) atoms. The third-order valence-corrected chi connectivity index (χ3v) is 2.79. The fraction of sp³-hybridized carbons (Fsp3) is 0.118. The smallest absolute Gasteiger partial charge is 0.0991 e. The molecule has 2 rings (SSSR count). The van der Waals surface area contributed by atoms with Gasteiger partial charge in [0.15, 0.2) is 0 Å². The van der Waals surface area contributed by atoms with Crippen LogP contribution in [-0.2, 0) is 6.42 Å². The van der Waals surface area contributed by atoms with Crippen LogP contribution < -0.4 is 0 Å². The Hall–Kier alpha value is -2.33. The second-order valence-electron chi connectivity index (χ2n) is 4.16. The zero-order valence-electron chi connectivity index (χ0n) is 10.2. The van der Waals surface area contributed by atoms with Gasteiger partial charge in [-0.2, -0.15) is 5.26 Å². The minimum atomic E-state index is 0.705. The van der Waals surface area contributed by atoms with Crippen LogP contribution in [0.1, 0.15) is 23.1 Å². The van der Waals surface area contributed by atoms with Crippen molar-refractivity contribution in [2.75, 3.05) is 0 Å². The van der Waals surface area contributed by atoms with Gasteiger partial charge >= 0.3 is 0 Å². The van der Waals surface area contributed by atoms with Crippen LogP contribution in [0.5, 0.6) is 0 Å². The summed E-state index contributed by atoms with van der Waals surface area (Å²) < 4.78 is 0. The molecule has 88 valence electrons. The van der Waals surface area contributed by atoms with Gasteiger partial charge in [-0.05, 0) is 36.1 Å². The van der Waals surface area contributed by atoms with Crippen molar-refractivity contribution >= 4 is 6.08 Å². The Kier molecular flexibility index (Phi) is 4.33. The minimum Gasteiger partial charge on any atom is -0.192 e. The number of hydrogen-bond donors (Lipinski definition) is 0. The van der Waals surface area contributed by atoms with Crippen LogP contribution in [0.15, 0.2) is 60.7 Å². The zero-order valence-corrected chi connectivity index (χ0v) is 10.2. The standard InChI is InChI=1S/C17H15N/c18-14-17-12-10-16(11-13-17)9-5-4-8-15-6-2-1-3-7-15/h1-3,5-7,9-13H,4,8H2/b9-5+. The van der Waals surface area contributed by atoms with Crippen LogP contribution in [0.2, 0.25) is 0 Å². The molecule has 0 saturated heterocycles. The maximum Gasteiger partial charge on any atom is 0.0991 e. The topological polar surface area (TPSA) is 23.8 Å². The first kappa shape index (κ1) is 12.1. The highest BCUT2D eigenvalue weighted by Crippen LogP contribution is 2.07. The van der Waals surface area contributed by atoms with Gasteiger partial charge in [0.25, 0.3) is 0 Å². The number of benzene rings is 2. The molecule has 0 heterocycles. The lowest BCUT2D eigenvalue weighted by Gasteiger charge is -1.97. The van der Waals surface area contributed by atoms with Gasteiger partial charge in [0.1, 0.15) is 0 Å². The largest absolute Gasteiger partial charge is 0.192 e. The Labute approximate surface area is 108 Å². The molecule has 2 aromatic rings. The van der Waals surface area contributed by atoms with Crippen molar-refractivity contribution in [1.82, 2.24) is 0 Å². The second-order valence-corrected chi connectivity index (χ2v) is 4.16. The number of aryl methyl sites for hydroxylation is 1. The van der Waals surface area contributed by atoms with Gasteiger partial charge < -0.3 is 0 Å². The Morgan fingerprint density at radius 1 is 0.944 bits per heavy atom. The van der Waals surface area contributed by atoms with Gasteiger partial charge in [-0.25, -0.2) is 0 Å². The van der Waals surface area contributed by atoms with Gasteiger partial charge in [-0.3, -0.25) is 0 Å². The van der Waals surface area contributed by atoms with E-state index in [2.05, 4.69) is 42.5 Å². The Bertz CT molecular complexity index is 544. The maximum absolute atomic E-state index is 8.70. The molecule has 0 atom stereocenters. The van der Waals surface area contributed by atoms with Gasteiger partial charge in [0.2, 0.25) is 0 Å². The van der Waals surface area contributed by atoms with E-state index in [1.54, 1.807) is 0 Å². The summed E-state index contributed by atoms with van der Waals surface area (Å²) in [4.78, 5) is 0. The van der Waals surface area contributed by atoms with E-state index in [9.17, 15) is 0 Å². The number of nitrogens with zero attached hydrogens (tertiary/aromatic N) is 1. The monoisotopic (exact) mass is 233 g/mol. The highest BCUT2D eigenvalue weighted by atomic mass is 14.2. The third kappa shape index (κ3) is 3.61. The lowest BCUT2D eigenvalue weighted by molar-refractivity contribution is 1.01. The first-order chi connectivity index (χ1) is 8.88. The van der Waals surface area contributed by atoms with Crippen LogP contribution in [0.25, 0.3) is 6.08 Å². The van der Waals surface area contributed by atoms with Crippen LogP contribution in [0.3, 0.4) is 0 Å². The molecule has 0 unspecified atom stereocenters. The Morgan fingerprint density at radius 3 is 2.33 bits per heavy atom. The van der Waals surface area contributed by atoms with E-state index in [0.29, 0.717) is 5.56 Å². The minimum absolute atomic E-state index is 0.705. The quantitative estimate of drug-likeness (QED) is 0.776. The highest BCUT2D eigenvalue weighted by molar-refractivity contribution is 5.50. The summed E-state index contributed by atoms with van der Waals surface area (Å²) in [5.74, 6) is 0. The molecule has 0 aliphatic heterocycles. The average molecular weight is 233 g/mol. The Balaban J connectivity index is 1.86. The molecule has 0 saturated carbocycles. The summed E-state index contributed by atoms with van der Waals surface area (Å²) in [7, 11) is 0. The molecule has 0 spiro atoms. The molecular weight excluding hydrogens is 218 g/mol. The van der Waals surface area contributed by atoms with Crippen LogP contribution in [0.4, 0.5) is 0 Å². The predicted molar refractivity (Wildman–Crippen MR) is 75.0 cm³/mol. The van der Waals surface area contributed by atoms with Crippen LogP contribution >= 0.6 is 0 Å². The van der Waals surface area contributed by atoms with Crippen molar-refractivity contribution in [2.45, 2.75) is 12.8 Å². The lowest BCUT2D eigenvalue weighted by atomic mass is 10.1. The van der Waals surface area contributed by atoms with Crippen molar-refractivity contribution in [2.24, 2.45) is 0 Å². The molecular formula is C17H15N. The summed E-state index contributed by atoms with van der Waals surface area (Å²) in [5.41, 5.74) is 3.21. The van der Waals surface area contributed by atoms with E-state index < -0.39 is 0 Å². The van der Waals surface area contributed by atoms with E-state index in [1.165, 1.54) is 5.56 Å². The fourth-order valence-corrected chi connectivity index (χ4v) is 1.78. The van der Waals surface area contributed by atoms with Crippen molar-refractivity contribution in [3.05, 3.63) is 77.4 Å². The lowest BCUT2D eigenvalue weighted by Crippen LogP contribution is -1.81. The molecule has 1 heteroatoms. The second kappa shape index (κ2) is 6.42.